The van der Waals surface area contributed by atoms with Crippen LogP contribution in [0.25, 0.3) is 11.2 Å². The summed E-state index contributed by atoms with van der Waals surface area (Å²) in [7, 11) is 1.64. The summed E-state index contributed by atoms with van der Waals surface area (Å²) >= 11 is 0. The van der Waals surface area contributed by atoms with Gasteiger partial charge in [0.25, 0.3) is 0 Å². The van der Waals surface area contributed by atoms with Crippen molar-refractivity contribution in [2.24, 2.45) is 4.99 Å². The second-order valence-corrected chi connectivity index (χ2v) is 7.64. The lowest BCUT2D eigenvalue weighted by Gasteiger charge is -2.23. The normalized spacial score (nSPS) is 21.6. The molecule has 8 nitrogen and oxygen atoms in total. The van der Waals surface area contributed by atoms with Gasteiger partial charge in [0.05, 0.1) is 12.2 Å². The van der Waals surface area contributed by atoms with Crippen molar-refractivity contribution in [3.05, 3.63) is 53.5 Å². The number of methoxy groups -OCH3 is 1. The van der Waals surface area contributed by atoms with Gasteiger partial charge in [-0.05, 0) is 33.1 Å². The molecule has 1 aromatic carbocycles. The highest BCUT2D eigenvalue weighted by molar-refractivity contribution is 5.70. The number of aliphatic hydroxyl groups is 1. The number of hydrogen-bond donors (Lipinski definition) is 2. The van der Waals surface area contributed by atoms with Gasteiger partial charge in [0.2, 0.25) is 0 Å². The fourth-order valence-corrected chi connectivity index (χ4v) is 3.93. The largest absolute Gasteiger partial charge is 0.385 e. The molecule has 0 radical (unpaired) electrons. The highest BCUT2D eigenvalue weighted by Gasteiger charge is 2.36. The van der Waals surface area contributed by atoms with Gasteiger partial charge in [-0.2, -0.15) is 0 Å². The molecule has 0 spiro atoms. The van der Waals surface area contributed by atoms with Crippen LogP contribution < -0.4 is 5.49 Å². The zero-order valence-electron chi connectivity index (χ0n) is 17.7. The van der Waals surface area contributed by atoms with Crippen LogP contribution in [-0.2, 0) is 9.47 Å². The molecule has 168 valence electrons. The molecule has 4 unspecified atom stereocenters. The molecule has 4 heterocycles. The summed E-state index contributed by atoms with van der Waals surface area (Å²) in [5.41, 5.74) is 2.89. The molecule has 2 N–H and O–H groups in total. The molecule has 2 aliphatic heterocycles. The zero-order chi connectivity index (χ0) is 21.1. The molecule has 0 amide bonds. The summed E-state index contributed by atoms with van der Waals surface area (Å²) in [6.07, 6.45) is 6.00. The number of benzene rings is 1. The first kappa shape index (κ1) is 23.1. The Balaban J connectivity index is 0.000000330. The minimum Gasteiger partial charge on any atom is -0.385 e. The number of ether oxygens (including phenoxy) is 2. The van der Waals surface area contributed by atoms with Gasteiger partial charge in [-0.3, -0.25) is 9.56 Å². The van der Waals surface area contributed by atoms with E-state index in [4.69, 9.17) is 9.47 Å². The predicted molar refractivity (Wildman–Crippen MR) is 119 cm³/mol. The Labute approximate surface area is 183 Å². The van der Waals surface area contributed by atoms with Crippen LogP contribution in [-0.4, -0.2) is 50.5 Å². The molecule has 2 bridgehead atoms. The number of nitrogens with zero attached hydrogens (tertiary/aromatic N) is 4. The van der Waals surface area contributed by atoms with Gasteiger partial charge in [0.15, 0.2) is 17.4 Å². The van der Waals surface area contributed by atoms with Gasteiger partial charge in [0, 0.05) is 19.2 Å². The van der Waals surface area contributed by atoms with Gasteiger partial charge in [0.1, 0.15) is 23.8 Å². The Morgan fingerprint density at radius 3 is 2.48 bits per heavy atom. The van der Waals surface area contributed by atoms with Crippen LogP contribution in [0.3, 0.4) is 0 Å². The number of fused-ring (bicyclic) bond motifs is 2. The molecule has 4 atom stereocenters. The van der Waals surface area contributed by atoms with E-state index in [1.54, 1.807) is 20.4 Å². The summed E-state index contributed by atoms with van der Waals surface area (Å²) in [5.74, 6) is 0.474. The van der Waals surface area contributed by atoms with Crippen molar-refractivity contribution in [3.8, 4) is 0 Å². The minimum absolute atomic E-state index is 0. The first-order chi connectivity index (χ1) is 14.6. The van der Waals surface area contributed by atoms with Gasteiger partial charge in [-0.25, -0.2) is 9.97 Å². The van der Waals surface area contributed by atoms with Crippen LogP contribution in [0.2, 0.25) is 0 Å². The van der Waals surface area contributed by atoms with Crippen LogP contribution >= 0.6 is 0 Å². The van der Waals surface area contributed by atoms with E-state index in [9.17, 15) is 5.11 Å². The third kappa shape index (κ3) is 4.87. The fourth-order valence-electron chi connectivity index (χ4n) is 3.93. The standard InChI is InChI=1S/C17H21N5O2.C5H8O.CH4/c1-4-18-15-13-16(21-14(20-13)11(2)23)22(10-19-15)17(24-3)12-8-6-5-7-9-12;1-2-5-3-4(1)6-5;/h5-11,17,23H,4H2,1-3H3,(H,20,21);4-5H,1-3H2;1H4. The maximum absolute atomic E-state index is 9.86. The maximum atomic E-state index is 9.86. The van der Waals surface area contributed by atoms with Gasteiger partial charge in [-0.1, -0.05) is 37.8 Å². The number of aromatic amines is 1. The lowest BCUT2D eigenvalue weighted by molar-refractivity contribution is -0.0647. The van der Waals surface area contributed by atoms with Crippen LogP contribution in [0.4, 0.5) is 0 Å². The summed E-state index contributed by atoms with van der Waals surface area (Å²) in [4.78, 5) is 16.5. The molecule has 2 aromatic heterocycles. The summed E-state index contributed by atoms with van der Waals surface area (Å²) in [5, 5.41) is 9.86. The highest BCUT2D eigenvalue weighted by atomic mass is 16.5. The molecule has 31 heavy (non-hydrogen) atoms. The van der Waals surface area contributed by atoms with E-state index in [0.717, 1.165) is 5.56 Å². The van der Waals surface area contributed by atoms with Crippen molar-refractivity contribution in [2.75, 3.05) is 13.7 Å². The summed E-state index contributed by atoms with van der Waals surface area (Å²) in [6, 6.07) is 9.84. The first-order valence-corrected chi connectivity index (χ1v) is 10.5. The lowest BCUT2D eigenvalue weighted by atomic mass is 10.2. The molecule has 3 aliphatic rings. The Bertz CT molecular complexity index is 1020. The van der Waals surface area contributed by atoms with Crippen molar-refractivity contribution in [1.82, 2.24) is 19.5 Å². The predicted octanol–water partition coefficient (Wildman–Crippen LogP) is 3.50. The van der Waals surface area contributed by atoms with E-state index >= 15 is 0 Å². The highest BCUT2D eigenvalue weighted by Crippen LogP contribution is 2.36. The molecule has 3 fully saturated rings. The van der Waals surface area contributed by atoms with E-state index in [0.29, 0.717) is 41.2 Å². The topological polar surface area (TPSA) is 97.6 Å². The smallest absolute Gasteiger partial charge is 0.176 e. The second-order valence-electron chi connectivity index (χ2n) is 7.64. The molecule has 6 rings (SSSR count). The van der Waals surface area contributed by atoms with E-state index < -0.39 is 6.10 Å². The molecule has 8 heteroatoms. The molecular weight excluding hydrogens is 394 g/mol. The molecule has 1 aliphatic carbocycles. The maximum Gasteiger partial charge on any atom is 0.176 e. The monoisotopic (exact) mass is 427 g/mol. The summed E-state index contributed by atoms with van der Waals surface area (Å²) < 4.78 is 12.8. The Kier molecular flexibility index (Phi) is 7.59. The number of rotatable bonds is 5. The van der Waals surface area contributed by atoms with Gasteiger partial charge in [-0.15, -0.1) is 0 Å². The van der Waals surface area contributed by atoms with Crippen molar-refractivity contribution < 1.29 is 14.6 Å². The van der Waals surface area contributed by atoms with Gasteiger partial charge >= 0.3 is 0 Å². The van der Waals surface area contributed by atoms with Crippen LogP contribution in [0.1, 0.15) is 64.3 Å². The molecule has 1 saturated carbocycles. The van der Waals surface area contributed by atoms with Crippen molar-refractivity contribution in [1.29, 1.82) is 0 Å². The molecular formula is C23H33N5O3. The number of H-pyrrole nitrogens is 1. The molecule has 3 aromatic rings. The zero-order valence-corrected chi connectivity index (χ0v) is 17.7. The van der Waals surface area contributed by atoms with Gasteiger partial charge < -0.3 is 19.6 Å². The van der Waals surface area contributed by atoms with E-state index in [-0.39, 0.29) is 13.7 Å². The minimum atomic E-state index is -0.710. The van der Waals surface area contributed by atoms with E-state index in [1.165, 1.54) is 19.3 Å². The fraction of sp³-hybridized carbons (Fsp3) is 0.522. The van der Waals surface area contributed by atoms with Crippen LogP contribution in [0.15, 0.2) is 41.7 Å². The SMILES string of the molecule is C.C1CC2CC1O2.CCN=c1ncn(C(OC)c2ccccc2)c2nc(C(C)O)[nH]c12. The van der Waals surface area contributed by atoms with Crippen molar-refractivity contribution in [3.63, 3.8) is 0 Å². The van der Waals surface area contributed by atoms with Crippen LogP contribution in [0, 0.1) is 0 Å². The van der Waals surface area contributed by atoms with Crippen molar-refractivity contribution in [2.45, 2.75) is 65.1 Å². The summed E-state index contributed by atoms with van der Waals surface area (Å²) in [6.45, 7) is 4.22. The number of aromatic nitrogens is 4. The lowest BCUT2D eigenvalue weighted by Crippen LogP contribution is -2.25. The average Bonchev–Trinajstić information content (AvgIpc) is 3.48. The first-order valence-electron chi connectivity index (χ1n) is 10.5. The number of hydrogen-bond acceptors (Lipinski definition) is 6. The number of imidazole rings is 1. The van der Waals surface area contributed by atoms with E-state index in [1.807, 2.05) is 41.8 Å². The Hall–Kier alpha value is -2.55. The third-order valence-corrected chi connectivity index (χ3v) is 5.46. The average molecular weight is 428 g/mol. The number of aliphatic hydroxyl groups excluding tert-OH is 1. The molecule has 2 saturated heterocycles. The number of nitrogens with one attached hydrogen (secondary N) is 1. The Morgan fingerprint density at radius 2 is 1.97 bits per heavy atom. The van der Waals surface area contributed by atoms with Crippen LogP contribution in [0.5, 0.6) is 0 Å². The second kappa shape index (κ2) is 10.2. The van der Waals surface area contributed by atoms with E-state index in [2.05, 4.69) is 19.9 Å². The third-order valence-electron chi connectivity index (χ3n) is 5.46. The Morgan fingerprint density at radius 1 is 1.29 bits per heavy atom. The quantitative estimate of drug-likeness (QED) is 0.649. The van der Waals surface area contributed by atoms with Crippen molar-refractivity contribution >= 4 is 11.2 Å².